The van der Waals surface area contributed by atoms with Crippen LogP contribution < -0.4 is 5.32 Å². The van der Waals surface area contributed by atoms with Crippen LogP contribution in [0.1, 0.15) is 42.6 Å². The third kappa shape index (κ3) is 3.66. The van der Waals surface area contributed by atoms with Gasteiger partial charge < -0.3 is 10.1 Å². The number of benzene rings is 1. The smallest absolute Gasteiger partial charge is 0.291 e. The minimum atomic E-state index is -0.340. The highest BCUT2D eigenvalue weighted by Gasteiger charge is 2.36. The third-order valence-corrected chi connectivity index (χ3v) is 4.94. The van der Waals surface area contributed by atoms with Gasteiger partial charge in [-0.05, 0) is 31.9 Å². The summed E-state index contributed by atoms with van der Waals surface area (Å²) >= 11 is 12.5. The SMILES string of the molecule is CCCC1(NC(=O)c2nc(C)n(-c3c(Cl)cccc3Cl)n2)CCOC1. The van der Waals surface area contributed by atoms with Gasteiger partial charge in [0.1, 0.15) is 11.5 Å². The van der Waals surface area contributed by atoms with Crippen molar-refractivity contribution in [3.8, 4) is 5.69 Å². The van der Waals surface area contributed by atoms with Gasteiger partial charge in [0.05, 0.1) is 22.2 Å². The normalized spacial score (nSPS) is 20.0. The number of nitrogens with one attached hydrogen (secondary N) is 1. The van der Waals surface area contributed by atoms with Crippen LogP contribution in [0.25, 0.3) is 5.69 Å². The maximum Gasteiger partial charge on any atom is 0.291 e. The topological polar surface area (TPSA) is 69.0 Å². The molecule has 1 aliphatic heterocycles. The number of halogens is 2. The summed E-state index contributed by atoms with van der Waals surface area (Å²) in [7, 11) is 0. The molecule has 25 heavy (non-hydrogen) atoms. The number of nitrogens with zero attached hydrogens (tertiary/aromatic N) is 3. The van der Waals surface area contributed by atoms with Crippen LogP contribution in [0.15, 0.2) is 18.2 Å². The monoisotopic (exact) mass is 382 g/mol. The lowest BCUT2D eigenvalue weighted by Crippen LogP contribution is -2.49. The van der Waals surface area contributed by atoms with E-state index in [9.17, 15) is 4.79 Å². The van der Waals surface area contributed by atoms with Gasteiger partial charge in [0, 0.05) is 6.61 Å². The molecule has 1 amide bonds. The van der Waals surface area contributed by atoms with E-state index in [2.05, 4.69) is 22.3 Å². The lowest BCUT2D eigenvalue weighted by molar-refractivity contribution is 0.0859. The Balaban J connectivity index is 1.88. The average molecular weight is 383 g/mol. The summed E-state index contributed by atoms with van der Waals surface area (Å²) in [4.78, 5) is 17.0. The van der Waals surface area contributed by atoms with E-state index in [4.69, 9.17) is 27.9 Å². The summed E-state index contributed by atoms with van der Waals surface area (Å²) in [5.74, 6) is 0.312. The van der Waals surface area contributed by atoms with E-state index in [1.807, 2.05) is 0 Å². The second-order valence-corrected chi connectivity index (χ2v) is 7.07. The van der Waals surface area contributed by atoms with Crippen LogP contribution in [0.4, 0.5) is 0 Å². The Morgan fingerprint density at radius 2 is 2.12 bits per heavy atom. The van der Waals surface area contributed by atoms with Gasteiger partial charge in [-0.25, -0.2) is 9.67 Å². The second-order valence-electron chi connectivity index (χ2n) is 6.25. The first-order valence-electron chi connectivity index (χ1n) is 8.24. The molecule has 1 saturated heterocycles. The first-order chi connectivity index (χ1) is 12.0. The van der Waals surface area contributed by atoms with E-state index in [0.717, 1.165) is 19.3 Å². The first-order valence-corrected chi connectivity index (χ1v) is 9.00. The molecule has 1 fully saturated rings. The van der Waals surface area contributed by atoms with E-state index in [1.165, 1.54) is 4.68 Å². The largest absolute Gasteiger partial charge is 0.379 e. The molecule has 1 N–H and O–H groups in total. The van der Waals surface area contributed by atoms with Crippen molar-refractivity contribution in [3.63, 3.8) is 0 Å². The Hall–Kier alpha value is -1.63. The molecule has 1 aliphatic rings. The van der Waals surface area contributed by atoms with Gasteiger partial charge in [0.15, 0.2) is 0 Å². The lowest BCUT2D eigenvalue weighted by Gasteiger charge is -2.27. The molecule has 2 aromatic rings. The molecule has 1 aromatic carbocycles. The molecule has 1 aromatic heterocycles. The molecule has 134 valence electrons. The average Bonchev–Trinajstić information content (AvgIpc) is 3.15. The van der Waals surface area contributed by atoms with Crippen LogP contribution in [0, 0.1) is 6.92 Å². The Labute approximate surface area is 156 Å². The van der Waals surface area contributed by atoms with Crippen LogP contribution in [-0.4, -0.2) is 39.4 Å². The summed E-state index contributed by atoms with van der Waals surface area (Å²) in [6, 6.07) is 5.19. The van der Waals surface area contributed by atoms with Crippen LogP contribution in [-0.2, 0) is 4.74 Å². The molecule has 1 unspecified atom stereocenters. The van der Waals surface area contributed by atoms with Crippen molar-refractivity contribution < 1.29 is 9.53 Å². The predicted octanol–water partition coefficient (Wildman–Crippen LogP) is 3.57. The molecular formula is C17H20Cl2N4O2. The van der Waals surface area contributed by atoms with Crippen molar-refractivity contribution in [2.45, 2.75) is 38.6 Å². The van der Waals surface area contributed by atoms with Crippen molar-refractivity contribution in [1.29, 1.82) is 0 Å². The minimum absolute atomic E-state index is 0.0934. The number of hydrogen-bond acceptors (Lipinski definition) is 4. The van der Waals surface area contributed by atoms with Crippen LogP contribution >= 0.6 is 23.2 Å². The van der Waals surface area contributed by atoms with Gasteiger partial charge in [-0.3, -0.25) is 4.79 Å². The van der Waals surface area contributed by atoms with E-state index in [-0.39, 0.29) is 17.3 Å². The maximum absolute atomic E-state index is 12.7. The molecule has 8 heteroatoms. The van der Waals surface area contributed by atoms with Crippen molar-refractivity contribution in [2.75, 3.05) is 13.2 Å². The van der Waals surface area contributed by atoms with E-state index in [1.54, 1.807) is 25.1 Å². The number of amides is 1. The van der Waals surface area contributed by atoms with Crippen LogP contribution in [0.3, 0.4) is 0 Å². The van der Waals surface area contributed by atoms with Gasteiger partial charge in [0.25, 0.3) is 5.91 Å². The Morgan fingerprint density at radius 3 is 2.72 bits per heavy atom. The molecule has 1 atom stereocenters. The Morgan fingerprint density at radius 1 is 1.40 bits per heavy atom. The van der Waals surface area contributed by atoms with Gasteiger partial charge in [-0.2, -0.15) is 0 Å². The van der Waals surface area contributed by atoms with Gasteiger partial charge in [0.2, 0.25) is 5.82 Å². The number of ether oxygens (including phenoxy) is 1. The summed E-state index contributed by atoms with van der Waals surface area (Å²) in [5.41, 5.74) is 0.176. The molecule has 3 rings (SSSR count). The summed E-state index contributed by atoms with van der Waals surface area (Å²) in [6.07, 6.45) is 2.61. The summed E-state index contributed by atoms with van der Waals surface area (Å²) in [5, 5.41) is 8.27. The first kappa shape index (κ1) is 18.2. The van der Waals surface area contributed by atoms with E-state index in [0.29, 0.717) is 34.8 Å². The molecule has 0 aliphatic carbocycles. The van der Waals surface area contributed by atoms with Crippen molar-refractivity contribution in [1.82, 2.24) is 20.1 Å². The molecule has 6 nitrogen and oxygen atoms in total. The van der Waals surface area contributed by atoms with Crippen molar-refractivity contribution >= 4 is 29.1 Å². The fourth-order valence-electron chi connectivity index (χ4n) is 3.13. The third-order valence-electron chi connectivity index (χ3n) is 4.33. The van der Waals surface area contributed by atoms with Crippen molar-refractivity contribution in [3.05, 3.63) is 39.9 Å². The fraction of sp³-hybridized carbons (Fsp3) is 0.471. The zero-order chi connectivity index (χ0) is 18.0. The number of carbonyl (C=O) groups excluding carboxylic acids is 1. The van der Waals surface area contributed by atoms with E-state index < -0.39 is 0 Å². The molecular weight excluding hydrogens is 363 g/mol. The van der Waals surface area contributed by atoms with Gasteiger partial charge >= 0.3 is 0 Å². The van der Waals surface area contributed by atoms with Crippen LogP contribution in [0.5, 0.6) is 0 Å². The summed E-state index contributed by atoms with van der Waals surface area (Å²) in [6.45, 7) is 5.01. The van der Waals surface area contributed by atoms with Crippen LogP contribution in [0.2, 0.25) is 10.0 Å². The minimum Gasteiger partial charge on any atom is -0.379 e. The zero-order valence-electron chi connectivity index (χ0n) is 14.2. The Kier molecular flexibility index (Phi) is 5.32. The highest BCUT2D eigenvalue weighted by atomic mass is 35.5. The zero-order valence-corrected chi connectivity index (χ0v) is 15.7. The number of rotatable bonds is 5. The highest BCUT2D eigenvalue weighted by Crippen LogP contribution is 2.29. The molecule has 0 saturated carbocycles. The number of hydrogen-bond donors (Lipinski definition) is 1. The predicted molar refractivity (Wildman–Crippen MR) is 96.7 cm³/mol. The van der Waals surface area contributed by atoms with E-state index >= 15 is 0 Å². The quantitative estimate of drug-likeness (QED) is 0.857. The highest BCUT2D eigenvalue weighted by molar-refractivity contribution is 6.37. The van der Waals surface area contributed by atoms with Gasteiger partial charge in [-0.15, -0.1) is 5.10 Å². The molecule has 0 radical (unpaired) electrons. The maximum atomic E-state index is 12.7. The number of aromatic nitrogens is 3. The second kappa shape index (κ2) is 7.32. The molecule has 0 spiro atoms. The lowest BCUT2D eigenvalue weighted by atomic mass is 9.93. The standard InChI is InChI=1S/C17H20Cl2N4O2/c1-3-7-17(8-9-25-10-17)21-16(24)15-20-11(2)23(22-15)14-12(18)5-4-6-13(14)19/h4-6H,3,7-10H2,1-2H3,(H,21,24). The number of aryl methyl sites for hydroxylation is 1. The number of para-hydroxylation sites is 1. The molecule has 2 heterocycles. The Bertz CT molecular complexity index is 765. The van der Waals surface area contributed by atoms with Gasteiger partial charge in [-0.1, -0.05) is 42.6 Å². The summed E-state index contributed by atoms with van der Waals surface area (Å²) < 4.78 is 6.98. The fourth-order valence-corrected chi connectivity index (χ4v) is 3.69. The molecule has 0 bridgehead atoms. The number of carbonyl (C=O) groups is 1. The van der Waals surface area contributed by atoms with Crippen molar-refractivity contribution in [2.24, 2.45) is 0 Å².